The van der Waals surface area contributed by atoms with Gasteiger partial charge in [-0.1, -0.05) is 18.6 Å². The van der Waals surface area contributed by atoms with E-state index in [0.29, 0.717) is 13.1 Å². The van der Waals surface area contributed by atoms with Gasteiger partial charge in [0.05, 0.1) is 5.56 Å². The summed E-state index contributed by atoms with van der Waals surface area (Å²) in [6.07, 6.45) is -1.23. The van der Waals surface area contributed by atoms with E-state index in [2.05, 4.69) is 5.32 Å². The third kappa shape index (κ3) is 2.61. The summed E-state index contributed by atoms with van der Waals surface area (Å²) >= 11 is 0. The number of rotatable bonds is 4. The summed E-state index contributed by atoms with van der Waals surface area (Å²) < 4.78 is 38.3. The number of para-hydroxylation sites is 1. The Morgan fingerprint density at radius 2 is 1.89 bits per heavy atom. The number of benzene rings is 1. The van der Waals surface area contributed by atoms with Crippen LogP contribution in [0.15, 0.2) is 24.3 Å². The average Bonchev–Trinajstić information content (AvgIpc) is 2.27. The van der Waals surface area contributed by atoms with Crippen LogP contribution in [0.1, 0.15) is 24.8 Å². The van der Waals surface area contributed by atoms with E-state index < -0.39 is 11.7 Å². The molecule has 2 nitrogen and oxygen atoms in total. The molecular weight excluding hydrogens is 241 g/mol. The molecule has 0 radical (unpaired) electrons. The Balaban J connectivity index is 2.10. The normalized spacial score (nSPS) is 18.2. The Morgan fingerprint density at radius 1 is 1.22 bits per heavy atom. The molecule has 0 aliphatic heterocycles. The highest BCUT2D eigenvalue weighted by atomic mass is 19.4. The van der Waals surface area contributed by atoms with Gasteiger partial charge in [0.15, 0.2) is 0 Å². The van der Waals surface area contributed by atoms with E-state index in [1.54, 1.807) is 6.07 Å². The van der Waals surface area contributed by atoms with Crippen molar-refractivity contribution in [2.45, 2.75) is 25.4 Å². The molecule has 0 spiro atoms. The third-order valence-corrected chi connectivity index (χ3v) is 3.73. The Hall–Kier alpha value is -1.23. The zero-order valence-corrected chi connectivity index (χ0v) is 10.1. The molecule has 0 unspecified atom stereocenters. The van der Waals surface area contributed by atoms with Crippen LogP contribution in [0, 0.1) is 5.41 Å². The molecule has 0 amide bonds. The van der Waals surface area contributed by atoms with Crippen LogP contribution in [-0.4, -0.2) is 13.1 Å². The van der Waals surface area contributed by atoms with E-state index >= 15 is 0 Å². The van der Waals surface area contributed by atoms with Gasteiger partial charge in [-0.2, -0.15) is 13.2 Å². The number of nitrogens with two attached hydrogens (primary N) is 1. The number of alkyl halides is 3. The summed E-state index contributed by atoms with van der Waals surface area (Å²) in [5, 5.41) is 2.91. The van der Waals surface area contributed by atoms with Crippen LogP contribution in [0.2, 0.25) is 0 Å². The Kier molecular flexibility index (Phi) is 3.52. The predicted octanol–water partition coefficient (Wildman–Crippen LogP) is 3.25. The SMILES string of the molecule is NCC1(CNc2ccccc2C(F)(F)F)CCC1. The quantitative estimate of drug-likeness (QED) is 0.870. The molecule has 0 atom stereocenters. The topological polar surface area (TPSA) is 38.0 Å². The van der Waals surface area contributed by atoms with Crippen LogP contribution >= 0.6 is 0 Å². The van der Waals surface area contributed by atoms with Crippen molar-refractivity contribution in [2.24, 2.45) is 11.1 Å². The van der Waals surface area contributed by atoms with Gasteiger partial charge in [0.1, 0.15) is 0 Å². The maximum Gasteiger partial charge on any atom is 0.418 e. The molecule has 0 aromatic heterocycles. The minimum Gasteiger partial charge on any atom is -0.384 e. The maximum absolute atomic E-state index is 12.8. The molecule has 18 heavy (non-hydrogen) atoms. The summed E-state index contributed by atoms with van der Waals surface area (Å²) in [6, 6.07) is 5.56. The largest absolute Gasteiger partial charge is 0.418 e. The van der Waals surface area contributed by atoms with Crippen molar-refractivity contribution in [3.05, 3.63) is 29.8 Å². The van der Waals surface area contributed by atoms with Crippen LogP contribution in [0.4, 0.5) is 18.9 Å². The van der Waals surface area contributed by atoms with Gasteiger partial charge in [-0.15, -0.1) is 0 Å². The highest BCUT2D eigenvalue weighted by molar-refractivity contribution is 5.52. The molecule has 0 saturated heterocycles. The van der Waals surface area contributed by atoms with E-state index in [9.17, 15) is 13.2 Å². The molecule has 1 aliphatic rings. The van der Waals surface area contributed by atoms with E-state index in [4.69, 9.17) is 5.73 Å². The maximum atomic E-state index is 12.8. The second-order valence-corrected chi connectivity index (χ2v) is 4.95. The first-order valence-electron chi connectivity index (χ1n) is 6.07. The molecule has 5 heteroatoms. The fraction of sp³-hybridized carbons (Fsp3) is 0.538. The van der Waals surface area contributed by atoms with Gasteiger partial charge in [0, 0.05) is 12.2 Å². The third-order valence-electron chi connectivity index (χ3n) is 3.73. The first-order valence-corrected chi connectivity index (χ1v) is 6.07. The standard InChI is InChI=1S/C13H17F3N2/c14-13(15,16)10-4-1-2-5-11(10)18-9-12(8-17)6-3-7-12/h1-2,4-5,18H,3,6-9,17H2. The number of anilines is 1. The van der Waals surface area contributed by atoms with Crippen molar-refractivity contribution in [1.82, 2.24) is 0 Å². The molecule has 1 aromatic carbocycles. The van der Waals surface area contributed by atoms with Crippen LogP contribution in [-0.2, 0) is 6.18 Å². The highest BCUT2D eigenvalue weighted by Crippen LogP contribution is 2.41. The van der Waals surface area contributed by atoms with Gasteiger partial charge in [-0.25, -0.2) is 0 Å². The lowest BCUT2D eigenvalue weighted by molar-refractivity contribution is -0.137. The van der Waals surface area contributed by atoms with Crippen LogP contribution in [0.5, 0.6) is 0 Å². The summed E-state index contributed by atoms with van der Waals surface area (Å²) in [5.41, 5.74) is 5.21. The molecule has 1 aliphatic carbocycles. The molecule has 1 aromatic rings. The zero-order valence-electron chi connectivity index (χ0n) is 10.1. The number of hydrogen-bond acceptors (Lipinski definition) is 2. The van der Waals surface area contributed by atoms with Crippen molar-refractivity contribution in [3.8, 4) is 0 Å². The fourth-order valence-electron chi connectivity index (χ4n) is 2.30. The minimum atomic E-state index is -4.32. The van der Waals surface area contributed by atoms with Gasteiger partial charge in [-0.3, -0.25) is 0 Å². The Morgan fingerprint density at radius 3 is 2.39 bits per heavy atom. The van der Waals surface area contributed by atoms with Crippen molar-refractivity contribution >= 4 is 5.69 Å². The molecule has 1 fully saturated rings. The molecule has 2 rings (SSSR count). The first kappa shape index (κ1) is 13.2. The average molecular weight is 258 g/mol. The van der Waals surface area contributed by atoms with Gasteiger partial charge in [0.2, 0.25) is 0 Å². The number of nitrogens with one attached hydrogen (secondary N) is 1. The van der Waals surface area contributed by atoms with Crippen molar-refractivity contribution in [3.63, 3.8) is 0 Å². The van der Waals surface area contributed by atoms with Crippen molar-refractivity contribution < 1.29 is 13.2 Å². The minimum absolute atomic E-state index is 0.0152. The second kappa shape index (κ2) is 4.80. The molecule has 100 valence electrons. The zero-order chi connectivity index (χ0) is 13.2. The smallest absolute Gasteiger partial charge is 0.384 e. The number of halogens is 3. The van der Waals surface area contributed by atoms with E-state index in [0.717, 1.165) is 25.3 Å². The van der Waals surface area contributed by atoms with E-state index in [1.807, 2.05) is 0 Å². The van der Waals surface area contributed by atoms with Gasteiger partial charge in [-0.05, 0) is 36.9 Å². The Bertz CT molecular complexity index is 405. The lowest BCUT2D eigenvalue weighted by Gasteiger charge is -2.41. The van der Waals surface area contributed by atoms with E-state index in [-0.39, 0.29) is 11.1 Å². The molecule has 0 bridgehead atoms. The van der Waals surface area contributed by atoms with Gasteiger partial charge >= 0.3 is 6.18 Å². The molecular formula is C13H17F3N2. The molecule has 0 heterocycles. The summed E-state index contributed by atoms with van der Waals surface area (Å²) in [5.74, 6) is 0. The first-order chi connectivity index (χ1) is 8.47. The Labute approximate surface area is 104 Å². The van der Waals surface area contributed by atoms with Gasteiger partial charge < -0.3 is 11.1 Å². The predicted molar refractivity (Wildman–Crippen MR) is 65.3 cm³/mol. The van der Waals surface area contributed by atoms with E-state index in [1.165, 1.54) is 12.1 Å². The highest BCUT2D eigenvalue weighted by Gasteiger charge is 2.37. The lowest BCUT2D eigenvalue weighted by atomic mass is 9.69. The second-order valence-electron chi connectivity index (χ2n) is 4.95. The summed E-state index contributed by atoms with van der Waals surface area (Å²) in [4.78, 5) is 0. The summed E-state index contributed by atoms with van der Waals surface area (Å²) in [6.45, 7) is 1.03. The molecule has 1 saturated carbocycles. The van der Waals surface area contributed by atoms with Crippen LogP contribution in [0.25, 0.3) is 0 Å². The lowest BCUT2D eigenvalue weighted by Crippen LogP contribution is -2.43. The molecule has 3 N–H and O–H groups in total. The van der Waals surface area contributed by atoms with Crippen molar-refractivity contribution in [2.75, 3.05) is 18.4 Å². The van der Waals surface area contributed by atoms with Gasteiger partial charge in [0.25, 0.3) is 0 Å². The monoisotopic (exact) mass is 258 g/mol. The summed E-state index contributed by atoms with van der Waals surface area (Å²) in [7, 11) is 0. The van der Waals surface area contributed by atoms with Crippen LogP contribution < -0.4 is 11.1 Å². The van der Waals surface area contributed by atoms with Crippen molar-refractivity contribution in [1.29, 1.82) is 0 Å². The number of hydrogen-bond donors (Lipinski definition) is 2. The fourth-order valence-corrected chi connectivity index (χ4v) is 2.30. The van der Waals surface area contributed by atoms with Crippen LogP contribution in [0.3, 0.4) is 0 Å².